The van der Waals surface area contributed by atoms with Crippen molar-refractivity contribution in [2.75, 3.05) is 20.7 Å². The van der Waals surface area contributed by atoms with Gasteiger partial charge in [0.1, 0.15) is 23.0 Å². The van der Waals surface area contributed by atoms with Gasteiger partial charge in [0.05, 0.1) is 18.7 Å². The van der Waals surface area contributed by atoms with Crippen LogP contribution in [0.15, 0.2) is 23.5 Å². The highest BCUT2D eigenvalue weighted by Crippen LogP contribution is 2.54. The van der Waals surface area contributed by atoms with Gasteiger partial charge in [-0.05, 0) is 43.9 Å². The highest BCUT2D eigenvalue weighted by Gasteiger charge is 2.49. The number of rotatable bonds is 3. The molecular formula is C20H24FN5O. The van der Waals surface area contributed by atoms with Gasteiger partial charge < -0.3 is 15.4 Å². The van der Waals surface area contributed by atoms with E-state index in [-0.39, 0.29) is 17.3 Å². The highest BCUT2D eigenvalue weighted by molar-refractivity contribution is 6.01. The van der Waals surface area contributed by atoms with Crippen LogP contribution >= 0.6 is 0 Å². The van der Waals surface area contributed by atoms with Crippen LogP contribution in [0.2, 0.25) is 0 Å². The number of nitrogens with one attached hydrogen (secondary N) is 2. The molecule has 1 saturated carbocycles. The second-order valence-electron chi connectivity index (χ2n) is 7.65. The molecule has 27 heavy (non-hydrogen) atoms. The summed E-state index contributed by atoms with van der Waals surface area (Å²) >= 11 is 0. The number of halogens is 1. The minimum atomic E-state index is -0.366. The zero-order chi connectivity index (χ0) is 18.6. The molecule has 3 heterocycles. The van der Waals surface area contributed by atoms with E-state index in [4.69, 9.17) is 4.74 Å². The van der Waals surface area contributed by atoms with Crippen molar-refractivity contribution >= 4 is 11.5 Å². The molecule has 0 amide bonds. The molecule has 0 radical (unpaired) electrons. The summed E-state index contributed by atoms with van der Waals surface area (Å²) in [4.78, 5) is 4.61. The quantitative estimate of drug-likeness (QED) is 0.873. The smallest absolute Gasteiger partial charge is 0.178 e. The average Bonchev–Trinajstić information content (AvgIpc) is 3.37. The predicted molar refractivity (Wildman–Crippen MR) is 102 cm³/mol. The van der Waals surface area contributed by atoms with Crippen LogP contribution in [0.1, 0.15) is 49.3 Å². The molecule has 2 aromatic rings. The van der Waals surface area contributed by atoms with Crippen molar-refractivity contribution in [1.29, 1.82) is 0 Å². The Hall–Kier alpha value is -2.41. The fourth-order valence-corrected chi connectivity index (χ4v) is 4.74. The Morgan fingerprint density at radius 3 is 2.85 bits per heavy atom. The number of ether oxygens (including phenoxy) is 1. The predicted octanol–water partition coefficient (Wildman–Crippen LogP) is 3.13. The second-order valence-corrected chi connectivity index (χ2v) is 7.65. The van der Waals surface area contributed by atoms with Crippen LogP contribution in [0.3, 0.4) is 0 Å². The molecular weight excluding hydrogens is 345 g/mol. The number of amidine groups is 1. The van der Waals surface area contributed by atoms with Crippen LogP contribution < -0.4 is 15.4 Å². The van der Waals surface area contributed by atoms with Gasteiger partial charge in [0.25, 0.3) is 0 Å². The maximum absolute atomic E-state index is 15.6. The third-order valence-corrected chi connectivity index (χ3v) is 6.33. The van der Waals surface area contributed by atoms with Crippen LogP contribution in [0, 0.1) is 5.82 Å². The Morgan fingerprint density at radius 2 is 2.22 bits per heavy atom. The summed E-state index contributed by atoms with van der Waals surface area (Å²) in [5.74, 6) is 0.993. The third-order valence-electron chi connectivity index (χ3n) is 6.33. The standard InChI is InChI=1S/C20H24FN5O/c1-22-19-20(6-4-7-20)13-9-15(27-2)18(16(21)17(13)25-19)26-11-12(10-24-26)14-5-3-8-23-14/h9-11,14,23H,3-8H2,1-2H3,(H,22,25)/t14-/m0/s1. The number of benzene rings is 1. The summed E-state index contributed by atoms with van der Waals surface area (Å²) < 4.78 is 22.8. The molecule has 1 spiro atoms. The molecule has 1 saturated heterocycles. The molecule has 1 atom stereocenters. The zero-order valence-electron chi connectivity index (χ0n) is 15.7. The van der Waals surface area contributed by atoms with Crippen molar-refractivity contribution in [2.24, 2.45) is 4.99 Å². The molecule has 5 rings (SSSR count). The third kappa shape index (κ3) is 2.27. The molecule has 1 aromatic carbocycles. The largest absolute Gasteiger partial charge is 0.494 e. The highest BCUT2D eigenvalue weighted by atomic mass is 19.1. The Kier molecular flexibility index (Phi) is 3.75. The molecule has 1 aromatic heterocycles. The molecule has 3 aliphatic rings. The average molecular weight is 369 g/mol. The van der Waals surface area contributed by atoms with Crippen molar-refractivity contribution in [2.45, 2.75) is 43.6 Å². The number of methoxy groups -OCH3 is 1. The molecule has 1 aliphatic carbocycles. The van der Waals surface area contributed by atoms with Gasteiger partial charge in [-0.1, -0.05) is 6.42 Å². The van der Waals surface area contributed by atoms with Crippen LogP contribution in [0.4, 0.5) is 10.1 Å². The monoisotopic (exact) mass is 369 g/mol. The Bertz CT molecular complexity index is 925. The molecule has 2 aliphatic heterocycles. The van der Waals surface area contributed by atoms with E-state index in [1.807, 2.05) is 25.5 Å². The number of hydrogen-bond acceptors (Lipinski definition) is 5. The first-order chi connectivity index (χ1) is 13.2. The maximum atomic E-state index is 15.6. The summed E-state index contributed by atoms with van der Waals surface area (Å²) in [7, 11) is 3.44. The van der Waals surface area contributed by atoms with Crippen molar-refractivity contribution in [3.8, 4) is 11.4 Å². The maximum Gasteiger partial charge on any atom is 0.178 e. The van der Waals surface area contributed by atoms with E-state index in [1.165, 1.54) is 0 Å². The first-order valence-corrected chi connectivity index (χ1v) is 9.64. The summed E-state index contributed by atoms with van der Waals surface area (Å²) in [6.45, 7) is 1.01. The summed E-state index contributed by atoms with van der Waals surface area (Å²) in [6, 6.07) is 2.24. The van der Waals surface area contributed by atoms with Gasteiger partial charge >= 0.3 is 0 Å². The first-order valence-electron chi connectivity index (χ1n) is 9.64. The molecule has 142 valence electrons. The number of hydrogen-bond donors (Lipinski definition) is 2. The summed E-state index contributed by atoms with van der Waals surface area (Å²) in [6.07, 6.45) is 9.03. The number of likely N-dealkylation sites (N-methyl/N-ethyl adjacent to an activating group) is 1. The van der Waals surface area contributed by atoms with E-state index in [0.29, 0.717) is 17.1 Å². The first kappa shape index (κ1) is 16.7. The van der Waals surface area contributed by atoms with Crippen LogP contribution in [0.25, 0.3) is 5.69 Å². The van der Waals surface area contributed by atoms with Gasteiger partial charge in [0.15, 0.2) is 5.82 Å². The van der Waals surface area contributed by atoms with E-state index in [9.17, 15) is 0 Å². The lowest BCUT2D eigenvalue weighted by Gasteiger charge is -2.40. The molecule has 6 nitrogen and oxygen atoms in total. The minimum Gasteiger partial charge on any atom is -0.494 e. The molecule has 0 unspecified atom stereocenters. The van der Waals surface area contributed by atoms with Crippen molar-refractivity contribution in [3.05, 3.63) is 35.4 Å². The fraction of sp³-hybridized carbons (Fsp3) is 0.500. The Labute approximate surface area is 157 Å². The van der Waals surface area contributed by atoms with E-state index < -0.39 is 0 Å². The van der Waals surface area contributed by atoms with Crippen LogP contribution in [-0.2, 0) is 5.41 Å². The van der Waals surface area contributed by atoms with Gasteiger partial charge in [-0.2, -0.15) is 5.10 Å². The van der Waals surface area contributed by atoms with E-state index in [0.717, 1.165) is 55.6 Å². The minimum absolute atomic E-state index is 0.181. The second kappa shape index (κ2) is 6.05. The van der Waals surface area contributed by atoms with Crippen molar-refractivity contribution in [1.82, 2.24) is 20.4 Å². The van der Waals surface area contributed by atoms with Crippen molar-refractivity contribution < 1.29 is 9.13 Å². The van der Waals surface area contributed by atoms with Gasteiger partial charge in [-0.3, -0.25) is 0 Å². The summed E-state index contributed by atoms with van der Waals surface area (Å²) in [5.41, 5.74) is 2.58. The number of aliphatic imine (C=N–C) groups is 1. The Balaban J connectivity index is 1.63. The van der Waals surface area contributed by atoms with Gasteiger partial charge in [0.2, 0.25) is 0 Å². The lowest BCUT2D eigenvalue weighted by Crippen LogP contribution is -2.45. The van der Waals surface area contributed by atoms with Crippen LogP contribution in [0.5, 0.6) is 5.75 Å². The fourth-order valence-electron chi connectivity index (χ4n) is 4.74. The lowest BCUT2D eigenvalue weighted by atomic mass is 9.64. The topological polar surface area (TPSA) is 63.5 Å². The van der Waals surface area contributed by atoms with Gasteiger partial charge in [-0.15, -0.1) is 0 Å². The number of fused-ring (bicyclic) bond motifs is 2. The molecule has 2 N–H and O–H groups in total. The zero-order valence-corrected chi connectivity index (χ0v) is 15.7. The number of aromatic nitrogens is 2. The van der Waals surface area contributed by atoms with Gasteiger partial charge in [-0.25, -0.2) is 14.1 Å². The number of nitrogens with zero attached hydrogens (tertiary/aromatic N) is 3. The van der Waals surface area contributed by atoms with Gasteiger partial charge in [0, 0.05) is 24.8 Å². The molecule has 7 heteroatoms. The van der Waals surface area contributed by atoms with Crippen LogP contribution in [-0.4, -0.2) is 36.3 Å². The Morgan fingerprint density at radius 1 is 1.37 bits per heavy atom. The van der Waals surface area contributed by atoms with E-state index in [2.05, 4.69) is 20.7 Å². The van der Waals surface area contributed by atoms with E-state index >= 15 is 4.39 Å². The normalized spacial score (nSPS) is 22.5. The molecule has 0 bridgehead atoms. The van der Waals surface area contributed by atoms with E-state index in [1.54, 1.807) is 11.8 Å². The lowest BCUT2D eigenvalue weighted by molar-refractivity contribution is 0.337. The van der Waals surface area contributed by atoms with Crippen molar-refractivity contribution in [3.63, 3.8) is 0 Å². The molecule has 2 fully saturated rings. The summed E-state index contributed by atoms with van der Waals surface area (Å²) in [5, 5.41) is 11.1. The SMILES string of the molecule is CNC1=Nc2c(cc(OC)c(-n3cc([C@@H]4CCCN4)cn3)c2F)C12CCC2.